The molecule has 7 heteroatoms. The van der Waals surface area contributed by atoms with Crippen molar-refractivity contribution in [1.29, 1.82) is 0 Å². The topological polar surface area (TPSA) is 83.9 Å². The minimum absolute atomic E-state index is 0.00907. The van der Waals surface area contributed by atoms with Crippen LogP contribution in [0, 0.1) is 6.92 Å². The highest BCUT2D eigenvalue weighted by atomic mass is 16.1. The van der Waals surface area contributed by atoms with Crippen molar-refractivity contribution in [3.05, 3.63) is 36.3 Å². The molecule has 1 amide bonds. The third kappa shape index (κ3) is 5.08. The first-order valence-corrected chi connectivity index (χ1v) is 7.38. The molecule has 2 heterocycles. The number of hydrogen-bond acceptors (Lipinski definition) is 5. The number of nitrogens with zero attached hydrogens (tertiary/aromatic N) is 3. The van der Waals surface area contributed by atoms with Gasteiger partial charge in [-0.3, -0.25) is 4.79 Å². The second-order valence-electron chi connectivity index (χ2n) is 4.88. The predicted octanol–water partition coefficient (Wildman–Crippen LogP) is 1.25. The number of rotatable bonds is 8. The van der Waals surface area contributed by atoms with E-state index in [4.69, 9.17) is 0 Å². The van der Waals surface area contributed by atoms with Crippen molar-refractivity contribution in [1.82, 2.24) is 19.9 Å². The molecule has 0 aliphatic heterocycles. The van der Waals surface area contributed by atoms with E-state index in [2.05, 4.69) is 25.9 Å². The van der Waals surface area contributed by atoms with Gasteiger partial charge in [0.15, 0.2) is 0 Å². The molecular formula is C15H22N6O. The van der Waals surface area contributed by atoms with Crippen molar-refractivity contribution in [2.45, 2.75) is 20.4 Å². The van der Waals surface area contributed by atoms with Crippen LogP contribution < -0.4 is 16.0 Å². The summed E-state index contributed by atoms with van der Waals surface area (Å²) < 4.78 is 1.83. The molecule has 0 saturated carbocycles. The molecule has 2 aromatic rings. The molecule has 0 aromatic carbocycles. The van der Waals surface area contributed by atoms with Crippen LogP contribution in [0.25, 0.3) is 0 Å². The molecule has 3 N–H and O–H groups in total. The minimum atomic E-state index is -0.00907. The maximum absolute atomic E-state index is 11.7. The van der Waals surface area contributed by atoms with E-state index in [0.717, 1.165) is 18.1 Å². The molecule has 0 aliphatic rings. The average Bonchev–Trinajstić information content (AvgIpc) is 2.96. The Bertz CT molecular complexity index is 596. The van der Waals surface area contributed by atoms with E-state index in [1.807, 2.05) is 49.0 Å². The first kappa shape index (κ1) is 15.8. The molecule has 0 saturated heterocycles. The number of aryl methyl sites for hydroxylation is 1. The normalized spacial score (nSPS) is 10.3. The van der Waals surface area contributed by atoms with Gasteiger partial charge in [-0.1, -0.05) is 0 Å². The molecule has 0 fully saturated rings. The van der Waals surface area contributed by atoms with Crippen LogP contribution >= 0.6 is 0 Å². The molecule has 22 heavy (non-hydrogen) atoms. The SMILES string of the molecule is CCNc1nc(C)cc(NCCNC(=O)Cn2cccc2)n1. The summed E-state index contributed by atoms with van der Waals surface area (Å²) in [5, 5.41) is 9.14. The lowest BCUT2D eigenvalue weighted by atomic mass is 10.4. The Balaban J connectivity index is 1.73. The Hall–Kier alpha value is -2.57. The summed E-state index contributed by atoms with van der Waals surface area (Å²) in [6.45, 7) is 6.19. The van der Waals surface area contributed by atoms with Crippen molar-refractivity contribution >= 4 is 17.7 Å². The van der Waals surface area contributed by atoms with Gasteiger partial charge in [0.25, 0.3) is 0 Å². The maximum Gasteiger partial charge on any atom is 0.239 e. The zero-order valence-corrected chi connectivity index (χ0v) is 13.0. The first-order chi connectivity index (χ1) is 10.7. The Kier molecular flexibility index (Phi) is 5.76. The van der Waals surface area contributed by atoms with Crippen LogP contribution in [0.4, 0.5) is 11.8 Å². The Morgan fingerprint density at radius 2 is 1.95 bits per heavy atom. The van der Waals surface area contributed by atoms with Crippen LogP contribution in [-0.2, 0) is 11.3 Å². The number of carbonyl (C=O) groups excluding carboxylic acids is 1. The zero-order chi connectivity index (χ0) is 15.8. The summed E-state index contributed by atoms with van der Waals surface area (Å²) in [6, 6.07) is 5.67. The summed E-state index contributed by atoms with van der Waals surface area (Å²) >= 11 is 0. The molecule has 2 aromatic heterocycles. The van der Waals surface area contributed by atoms with Crippen LogP contribution in [0.3, 0.4) is 0 Å². The number of nitrogens with one attached hydrogen (secondary N) is 3. The monoisotopic (exact) mass is 302 g/mol. The van der Waals surface area contributed by atoms with Crippen molar-refractivity contribution in [3.8, 4) is 0 Å². The fourth-order valence-electron chi connectivity index (χ4n) is 1.99. The number of anilines is 2. The number of amides is 1. The summed E-state index contributed by atoms with van der Waals surface area (Å²) in [7, 11) is 0. The molecule has 0 unspecified atom stereocenters. The standard InChI is InChI=1S/C15H22N6O/c1-3-16-15-19-12(2)10-13(20-15)17-6-7-18-14(22)11-21-8-4-5-9-21/h4-5,8-10H,3,6-7,11H2,1-2H3,(H,18,22)(H2,16,17,19,20). The molecular weight excluding hydrogens is 280 g/mol. The quantitative estimate of drug-likeness (QED) is 0.639. The van der Waals surface area contributed by atoms with Gasteiger partial charge in [-0.2, -0.15) is 4.98 Å². The highest BCUT2D eigenvalue weighted by Gasteiger charge is 2.03. The average molecular weight is 302 g/mol. The molecule has 0 radical (unpaired) electrons. The highest BCUT2D eigenvalue weighted by molar-refractivity contribution is 5.75. The van der Waals surface area contributed by atoms with Crippen molar-refractivity contribution in [2.75, 3.05) is 30.3 Å². The number of hydrogen-bond donors (Lipinski definition) is 3. The van der Waals surface area contributed by atoms with Crippen LogP contribution in [0.5, 0.6) is 0 Å². The largest absolute Gasteiger partial charge is 0.368 e. The molecule has 0 atom stereocenters. The van der Waals surface area contributed by atoms with Crippen LogP contribution in [0.1, 0.15) is 12.6 Å². The minimum Gasteiger partial charge on any atom is -0.368 e. The van der Waals surface area contributed by atoms with Gasteiger partial charge in [0.05, 0.1) is 0 Å². The van der Waals surface area contributed by atoms with Gasteiger partial charge in [-0.25, -0.2) is 4.98 Å². The van der Waals surface area contributed by atoms with Crippen LogP contribution in [0.15, 0.2) is 30.6 Å². The fourth-order valence-corrected chi connectivity index (χ4v) is 1.99. The second kappa shape index (κ2) is 8.02. The molecule has 0 aliphatic carbocycles. The van der Waals surface area contributed by atoms with Gasteiger partial charge in [-0.15, -0.1) is 0 Å². The predicted molar refractivity (Wildman–Crippen MR) is 86.9 cm³/mol. The Morgan fingerprint density at radius 1 is 1.18 bits per heavy atom. The third-order valence-electron chi connectivity index (χ3n) is 2.93. The molecule has 0 spiro atoms. The first-order valence-electron chi connectivity index (χ1n) is 7.38. The van der Waals surface area contributed by atoms with Gasteiger partial charge in [0.2, 0.25) is 11.9 Å². The Morgan fingerprint density at radius 3 is 2.68 bits per heavy atom. The van der Waals surface area contributed by atoms with Crippen molar-refractivity contribution < 1.29 is 4.79 Å². The van der Waals surface area contributed by atoms with Crippen LogP contribution in [0.2, 0.25) is 0 Å². The van der Waals surface area contributed by atoms with Gasteiger partial charge in [0.1, 0.15) is 12.4 Å². The lowest BCUT2D eigenvalue weighted by Crippen LogP contribution is -2.31. The van der Waals surface area contributed by atoms with Crippen LogP contribution in [-0.4, -0.2) is 40.1 Å². The van der Waals surface area contributed by atoms with Gasteiger partial charge < -0.3 is 20.5 Å². The van der Waals surface area contributed by atoms with Crippen molar-refractivity contribution in [3.63, 3.8) is 0 Å². The molecule has 2 rings (SSSR count). The van der Waals surface area contributed by atoms with E-state index >= 15 is 0 Å². The van der Waals surface area contributed by atoms with E-state index in [0.29, 0.717) is 25.6 Å². The zero-order valence-electron chi connectivity index (χ0n) is 13.0. The van der Waals surface area contributed by atoms with Crippen molar-refractivity contribution in [2.24, 2.45) is 0 Å². The highest BCUT2D eigenvalue weighted by Crippen LogP contribution is 2.08. The summed E-state index contributed by atoms with van der Waals surface area (Å²) in [5.41, 5.74) is 0.894. The van der Waals surface area contributed by atoms with Gasteiger partial charge in [-0.05, 0) is 26.0 Å². The molecule has 0 bridgehead atoms. The second-order valence-corrected chi connectivity index (χ2v) is 4.88. The van der Waals surface area contributed by atoms with Gasteiger partial charge in [0, 0.05) is 43.8 Å². The molecule has 7 nitrogen and oxygen atoms in total. The van der Waals surface area contributed by atoms with E-state index in [1.54, 1.807) is 0 Å². The summed E-state index contributed by atoms with van der Waals surface area (Å²) in [4.78, 5) is 20.4. The lowest BCUT2D eigenvalue weighted by Gasteiger charge is -2.10. The van der Waals surface area contributed by atoms with E-state index in [1.165, 1.54) is 0 Å². The number of aromatic nitrogens is 3. The lowest BCUT2D eigenvalue weighted by molar-refractivity contribution is -0.121. The summed E-state index contributed by atoms with van der Waals surface area (Å²) in [6.07, 6.45) is 3.73. The molecule has 118 valence electrons. The van der Waals surface area contributed by atoms with Gasteiger partial charge >= 0.3 is 0 Å². The Labute approximate surface area is 130 Å². The van der Waals surface area contributed by atoms with E-state index in [-0.39, 0.29) is 5.91 Å². The van der Waals surface area contributed by atoms with E-state index < -0.39 is 0 Å². The van der Waals surface area contributed by atoms with E-state index in [9.17, 15) is 4.79 Å². The summed E-state index contributed by atoms with van der Waals surface area (Å²) in [5.74, 6) is 1.36. The fraction of sp³-hybridized carbons (Fsp3) is 0.400. The maximum atomic E-state index is 11.7. The third-order valence-corrected chi connectivity index (χ3v) is 2.93. The smallest absolute Gasteiger partial charge is 0.239 e. The number of carbonyl (C=O) groups is 1.